The van der Waals surface area contributed by atoms with Gasteiger partial charge < -0.3 is 10.6 Å². The normalized spacial score (nSPS) is 21.1. The predicted molar refractivity (Wildman–Crippen MR) is 87.5 cm³/mol. The highest BCUT2D eigenvalue weighted by molar-refractivity contribution is 5.97. The fraction of sp³-hybridized carbons (Fsp3) is 0.412. The van der Waals surface area contributed by atoms with E-state index >= 15 is 0 Å². The average molecular weight is 352 g/mol. The lowest BCUT2D eigenvalue weighted by Crippen LogP contribution is -2.54. The van der Waals surface area contributed by atoms with Crippen molar-refractivity contribution in [2.24, 2.45) is 0 Å². The first-order valence-corrected chi connectivity index (χ1v) is 8.08. The van der Waals surface area contributed by atoms with Crippen LogP contribution >= 0.6 is 0 Å². The zero-order valence-electron chi connectivity index (χ0n) is 13.7. The highest BCUT2D eigenvalue weighted by Crippen LogP contribution is 2.30. The van der Waals surface area contributed by atoms with E-state index in [1.807, 2.05) is 6.92 Å². The Morgan fingerprint density at radius 3 is 2.56 bits per heavy atom. The van der Waals surface area contributed by atoms with Crippen molar-refractivity contribution in [2.75, 3.05) is 11.9 Å². The molecule has 0 spiro atoms. The van der Waals surface area contributed by atoms with Crippen molar-refractivity contribution in [1.29, 1.82) is 0 Å². The number of benzene rings is 1. The number of halogens is 3. The molecule has 1 aliphatic heterocycles. The Morgan fingerprint density at radius 1 is 1.24 bits per heavy atom. The van der Waals surface area contributed by atoms with Crippen molar-refractivity contribution in [2.45, 2.75) is 37.9 Å². The number of nitrogens with one attached hydrogen (secondary N) is 2. The SMILES string of the molecule is CC1(C(=O)Nc2ccc(-n3nccc3C(F)(F)F)cc2)CCCCN1. The van der Waals surface area contributed by atoms with E-state index in [0.29, 0.717) is 5.69 Å². The van der Waals surface area contributed by atoms with E-state index in [4.69, 9.17) is 0 Å². The molecule has 0 radical (unpaired) electrons. The van der Waals surface area contributed by atoms with Gasteiger partial charge in [0.15, 0.2) is 0 Å². The number of piperidine rings is 1. The van der Waals surface area contributed by atoms with E-state index in [1.54, 1.807) is 12.1 Å². The standard InChI is InChI=1S/C17H19F3N4O/c1-16(9-2-3-10-21-16)15(25)23-12-4-6-13(7-5-12)24-14(8-11-22-24)17(18,19)20/h4-8,11,21H,2-3,9-10H2,1H3,(H,23,25). The maximum atomic E-state index is 12.9. The Morgan fingerprint density at radius 2 is 1.96 bits per heavy atom. The van der Waals surface area contributed by atoms with Crippen molar-refractivity contribution in [3.63, 3.8) is 0 Å². The highest BCUT2D eigenvalue weighted by Gasteiger charge is 2.35. The molecule has 1 aliphatic rings. The zero-order chi connectivity index (χ0) is 18.1. The molecule has 1 aromatic heterocycles. The van der Waals surface area contributed by atoms with Gasteiger partial charge in [0, 0.05) is 5.69 Å². The predicted octanol–water partition coefficient (Wildman–Crippen LogP) is 3.36. The lowest BCUT2D eigenvalue weighted by Gasteiger charge is -2.33. The van der Waals surface area contributed by atoms with Crippen LogP contribution in [0.1, 0.15) is 31.9 Å². The van der Waals surface area contributed by atoms with E-state index < -0.39 is 17.4 Å². The van der Waals surface area contributed by atoms with E-state index in [0.717, 1.165) is 42.8 Å². The Kier molecular flexibility index (Phi) is 4.55. The molecule has 0 saturated carbocycles. The quantitative estimate of drug-likeness (QED) is 0.891. The van der Waals surface area contributed by atoms with Gasteiger partial charge in [-0.15, -0.1) is 0 Å². The number of carbonyl (C=O) groups is 1. The Hall–Kier alpha value is -2.35. The average Bonchev–Trinajstić information content (AvgIpc) is 3.06. The summed E-state index contributed by atoms with van der Waals surface area (Å²) in [5.41, 5.74) is -0.661. The molecule has 1 fully saturated rings. The summed E-state index contributed by atoms with van der Waals surface area (Å²) in [5.74, 6) is -0.144. The highest BCUT2D eigenvalue weighted by atomic mass is 19.4. The molecule has 2 heterocycles. The van der Waals surface area contributed by atoms with Crippen LogP contribution < -0.4 is 10.6 Å². The van der Waals surface area contributed by atoms with Crippen molar-refractivity contribution in [3.8, 4) is 5.69 Å². The van der Waals surface area contributed by atoms with E-state index in [2.05, 4.69) is 15.7 Å². The number of alkyl halides is 3. The number of carbonyl (C=O) groups excluding carboxylic acids is 1. The molecule has 134 valence electrons. The molecule has 2 aromatic rings. The number of anilines is 1. The first-order valence-electron chi connectivity index (χ1n) is 8.08. The van der Waals surface area contributed by atoms with Gasteiger partial charge in [0.05, 0.1) is 17.4 Å². The topological polar surface area (TPSA) is 59.0 Å². The minimum absolute atomic E-state index is 0.144. The number of nitrogens with zero attached hydrogens (tertiary/aromatic N) is 2. The Labute approximate surface area is 143 Å². The third kappa shape index (κ3) is 3.68. The van der Waals surface area contributed by atoms with Crippen LogP contribution in [-0.2, 0) is 11.0 Å². The van der Waals surface area contributed by atoms with Crippen molar-refractivity contribution >= 4 is 11.6 Å². The second kappa shape index (κ2) is 6.51. The molecule has 1 unspecified atom stereocenters. The third-order valence-corrected chi connectivity index (χ3v) is 4.42. The lowest BCUT2D eigenvalue weighted by molar-refractivity contribution is -0.142. The minimum atomic E-state index is -4.48. The molecule has 1 amide bonds. The zero-order valence-corrected chi connectivity index (χ0v) is 13.7. The fourth-order valence-corrected chi connectivity index (χ4v) is 2.93. The van der Waals surface area contributed by atoms with Gasteiger partial charge in [0.25, 0.3) is 0 Å². The Bertz CT molecular complexity index is 746. The van der Waals surface area contributed by atoms with Gasteiger partial charge in [-0.25, -0.2) is 4.68 Å². The molecule has 8 heteroatoms. The maximum Gasteiger partial charge on any atom is 0.433 e. The van der Waals surface area contributed by atoms with E-state index in [1.165, 1.54) is 12.1 Å². The summed E-state index contributed by atoms with van der Waals surface area (Å²) in [6, 6.07) is 7.05. The largest absolute Gasteiger partial charge is 0.433 e. The number of aromatic nitrogens is 2. The van der Waals surface area contributed by atoms with Crippen LogP contribution in [0.2, 0.25) is 0 Å². The van der Waals surface area contributed by atoms with Crippen LogP contribution in [0.25, 0.3) is 5.69 Å². The molecule has 2 N–H and O–H groups in total. The molecule has 25 heavy (non-hydrogen) atoms. The van der Waals surface area contributed by atoms with Gasteiger partial charge in [0.1, 0.15) is 5.69 Å². The molecule has 1 saturated heterocycles. The second-order valence-corrected chi connectivity index (χ2v) is 6.34. The molecular formula is C17H19F3N4O. The van der Waals surface area contributed by atoms with Crippen molar-refractivity contribution in [1.82, 2.24) is 15.1 Å². The van der Waals surface area contributed by atoms with Gasteiger partial charge in [-0.3, -0.25) is 4.79 Å². The van der Waals surface area contributed by atoms with Gasteiger partial charge in [0.2, 0.25) is 5.91 Å². The summed E-state index contributed by atoms with van der Waals surface area (Å²) in [5, 5.41) is 9.77. The van der Waals surface area contributed by atoms with E-state index in [-0.39, 0.29) is 11.6 Å². The first-order chi connectivity index (χ1) is 11.8. The number of rotatable bonds is 3. The van der Waals surface area contributed by atoms with E-state index in [9.17, 15) is 18.0 Å². The lowest BCUT2D eigenvalue weighted by atomic mass is 9.90. The number of hydrogen-bond donors (Lipinski definition) is 2. The molecule has 5 nitrogen and oxygen atoms in total. The summed E-state index contributed by atoms with van der Waals surface area (Å²) in [6.07, 6.45) is -0.601. The van der Waals surface area contributed by atoms with Gasteiger partial charge in [-0.2, -0.15) is 18.3 Å². The van der Waals surface area contributed by atoms with Crippen LogP contribution in [0.5, 0.6) is 0 Å². The van der Waals surface area contributed by atoms with Crippen LogP contribution in [0, 0.1) is 0 Å². The summed E-state index contributed by atoms with van der Waals surface area (Å²) >= 11 is 0. The minimum Gasteiger partial charge on any atom is -0.324 e. The maximum absolute atomic E-state index is 12.9. The van der Waals surface area contributed by atoms with Gasteiger partial charge in [-0.1, -0.05) is 0 Å². The van der Waals surface area contributed by atoms with Crippen molar-refractivity contribution in [3.05, 3.63) is 42.2 Å². The molecule has 1 aromatic carbocycles. The molecule has 1 atom stereocenters. The smallest absolute Gasteiger partial charge is 0.324 e. The fourth-order valence-electron chi connectivity index (χ4n) is 2.93. The first kappa shape index (κ1) is 17.5. The molecule has 0 bridgehead atoms. The monoisotopic (exact) mass is 352 g/mol. The van der Waals surface area contributed by atoms with Gasteiger partial charge >= 0.3 is 6.18 Å². The van der Waals surface area contributed by atoms with Crippen molar-refractivity contribution < 1.29 is 18.0 Å². The summed E-state index contributed by atoms with van der Waals surface area (Å²) in [4.78, 5) is 12.4. The van der Waals surface area contributed by atoms with Crippen LogP contribution in [0.15, 0.2) is 36.5 Å². The molecule has 0 aliphatic carbocycles. The second-order valence-electron chi connectivity index (χ2n) is 6.34. The summed E-state index contributed by atoms with van der Waals surface area (Å²) < 4.78 is 39.7. The Balaban J connectivity index is 1.75. The molecule has 3 rings (SSSR count). The number of amides is 1. The van der Waals surface area contributed by atoms with Crippen LogP contribution in [-0.4, -0.2) is 27.8 Å². The third-order valence-electron chi connectivity index (χ3n) is 4.42. The number of hydrogen-bond acceptors (Lipinski definition) is 3. The summed E-state index contributed by atoms with van der Waals surface area (Å²) in [6.45, 7) is 2.65. The molecular weight excluding hydrogens is 333 g/mol. The van der Waals surface area contributed by atoms with Crippen LogP contribution in [0.3, 0.4) is 0 Å². The van der Waals surface area contributed by atoms with Crippen LogP contribution in [0.4, 0.5) is 18.9 Å². The summed E-state index contributed by atoms with van der Waals surface area (Å²) in [7, 11) is 0. The van der Waals surface area contributed by atoms with Gasteiger partial charge in [-0.05, 0) is 63.1 Å².